The SMILES string of the molecule is CCC1(CC(=CCNC(=NO)C2CC2F)c2c[nH]nn2)S[N+](CC)(NC(C(C)C#N)C(CSC)C2CCCC2)C1=O. The molecule has 0 radical (unpaired) electrons. The molecule has 1 aromatic heterocycles. The molecule has 7 atom stereocenters. The van der Waals surface area contributed by atoms with Crippen molar-refractivity contribution in [3.63, 3.8) is 0 Å². The number of thioether (sulfide) groups is 1. The van der Waals surface area contributed by atoms with E-state index in [1.54, 1.807) is 18.1 Å². The first-order valence-electron chi connectivity index (χ1n) is 14.7. The molecule has 4 rings (SSSR count). The van der Waals surface area contributed by atoms with Gasteiger partial charge in [0.1, 0.15) is 36.2 Å². The fourth-order valence-electron chi connectivity index (χ4n) is 6.41. The maximum Gasteiger partial charge on any atom is 0.366 e. The van der Waals surface area contributed by atoms with E-state index < -0.39 is 16.8 Å². The van der Waals surface area contributed by atoms with Crippen molar-refractivity contribution in [2.75, 3.05) is 25.1 Å². The Morgan fingerprint density at radius 3 is 2.71 bits per heavy atom. The molecule has 1 aromatic rings. The number of amidine groups is 1. The number of rotatable bonds is 15. The number of aromatic nitrogens is 3. The van der Waals surface area contributed by atoms with Crippen molar-refractivity contribution in [1.82, 2.24) is 26.2 Å². The summed E-state index contributed by atoms with van der Waals surface area (Å²) in [6.07, 6.45) is 11.0. The number of halogens is 1. The number of hydrogen-bond donors (Lipinski definition) is 4. The molecular weight excluding hydrogens is 563 g/mol. The number of carbonyl (C=O) groups excluding carboxylic acids is 1. The average molecular weight is 608 g/mol. The number of hydrogen-bond acceptors (Lipinski definition) is 9. The number of allylic oxidation sites excluding steroid dienone is 1. The van der Waals surface area contributed by atoms with Gasteiger partial charge in [-0.3, -0.25) is 5.10 Å². The van der Waals surface area contributed by atoms with E-state index in [1.165, 1.54) is 25.7 Å². The highest BCUT2D eigenvalue weighted by molar-refractivity contribution is 7.98. The summed E-state index contributed by atoms with van der Waals surface area (Å²) in [5.74, 6) is 1.57. The van der Waals surface area contributed by atoms with Gasteiger partial charge in [0.05, 0.1) is 23.9 Å². The molecule has 2 saturated carbocycles. The first kappa shape index (κ1) is 31.8. The minimum Gasteiger partial charge on any atom is -0.409 e. The first-order chi connectivity index (χ1) is 19.8. The van der Waals surface area contributed by atoms with Crippen LogP contribution in [-0.4, -0.2) is 78.4 Å². The molecule has 2 heterocycles. The number of amides is 1. The summed E-state index contributed by atoms with van der Waals surface area (Å²) < 4.78 is 12.9. The first-order valence-corrected chi connectivity index (χ1v) is 16.9. The van der Waals surface area contributed by atoms with Crippen LogP contribution in [-0.2, 0) is 4.79 Å². The van der Waals surface area contributed by atoms with Gasteiger partial charge in [-0.1, -0.05) is 49.1 Å². The van der Waals surface area contributed by atoms with E-state index in [2.05, 4.69) is 43.6 Å². The third-order valence-electron chi connectivity index (χ3n) is 9.02. The maximum atomic E-state index is 14.3. The van der Waals surface area contributed by atoms with Gasteiger partial charge in [-0.2, -0.15) is 17.0 Å². The molecule has 3 aliphatic rings. The van der Waals surface area contributed by atoms with Crippen molar-refractivity contribution < 1.29 is 18.4 Å². The summed E-state index contributed by atoms with van der Waals surface area (Å²) in [5, 5.41) is 36.4. The number of quaternary nitrogens is 1. The number of nitriles is 1. The normalized spacial score (nSPS) is 30.9. The smallest absolute Gasteiger partial charge is 0.366 e. The highest BCUT2D eigenvalue weighted by Gasteiger charge is 2.69. The third-order valence-corrected chi connectivity index (χ3v) is 11.5. The summed E-state index contributed by atoms with van der Waals surface area (Å²) in [5.41, 5.74) is 5.21. The lowest BCUT2D eigenvalue weighted by atomic mass is 9.81. The minimum absolute atomic E-state index is 0.0884. The lowest BCUT2D eigenvalue weighted by Gasteiger charge is -2.52. The van der Waals surface area contributed by atoms with E-state index in [1.807, 2.05) is 38.6 Å². The Balaban J connectivity index is 1.54. The number of nitrogens with zero attached hydrogens (tertiary/aromatic N) is 5. The molecule has 0 aromatic carbocycles. The molecule has 0 bridgehead atoms. The molecule has 4 N–H and O–H groups in total. The summed E-state index contributed by atoms with van der Waals surface area (Å²) in [4.78, 5) is 14.3. The number of H-pyrrole nitrogens is 1. The fraction of sp³-hybridized carbons (Fsp3) is 0.750. The molecule has 41 heavy (non-hydrogen) atoms. The Hall–Kier alpha value is -2.14. The molecule has 7 unspecified atom stereocenters. The van der Waals surface area contributed by atoms with Crippen LogP contribution in [0.3, 0.4) is 0 Å². The van der Waals surface area contributed by atoms with E-state index >= 15 is 0 Å². The quantitative estimate of drug-likeness (QED) is 0.0558. The molecule has 2 aliphatic carbocycles. The van der Waals surface area contributed by atoms with Crippen molar-refractivity contribution in [3.05, 3.63) is 18.0 Å². The Morgan fingerprint density at radius 1 is 1.46 bits per heavy atom. The van der Waals surface area contributed by atoms with Crippen molar-refractivity contribution in [2.45, 2.75) is 82.7 Å². The molecule has 0 spiro atoms. The second-order valence-electron chi connectivity index (χ2n) is 11.5. The second-order valence-corrected chi connectivity index (χ2v) is 14.0. The van der Waals surface area contributed by atoms with Gasteiger partial charge in [0, 0.05) is 19.2 Å². The number of aromatic amines is 1. The van der Waals surface area contributed by atoms with Crippen LogP contribution in [0.15, 0.2) is 17.4 Å². The van der Waals surface area contributed by atoms with Crippen LogP contribution in [0.4, 0.5) is 4.39 Å². The van der Waals surface area contributed by atoms with Gasteiger partial charge < -0.3 is 10.5 Å². The zero-order valence-corrected chi connectivity index (χ0v) is 26.1. The molecule has 1 aliphatic heterocycles. The van der Waals surface area contributed by atoms with Crippen LogP contribution in [0.2, 0.25) is 0 Å². The summed E-state index contributed by atoms with van der Waals surface area (Å²) in [6.45, 7) is 6.90. The van der Waals surface area contributed by atoms with E-state index in [9.17, 15) is 19.7 Å². The molecule has 3 fully saturated rings. The largest absolute Gasteiger partial charge is 0.409 e. The van der Waals surface area contributed by atoms with Gasteiger partial charge in [0.2, 0.25) is 0 Å². The molecular formula is C28H44FN8O2S2+. The van der Waals surface area contributed by atoms with Crippen molar-refractivity contribution in [1.29, 1.82) is 5.26 Å². The van der Waals surface area contributed by atoms with Crippen LogP contribution in [0.25, 0.3) is 5.57 Å². The molecule has 10 nitrogen and oxygen atoms in total. The third kappa shape index (κ3) is 6.76. The zero-order chi connectivity index (χ0) is 29.6. The summed E-state index contributed by atoms with van der Waals surface area (Å²) >= 11 is 3.44. The standard InChI is InChI=1S/C28H43FN8O2S2/c1-5-28(14-20(24-16-32-36-33-24)11-12-31-26(35-39)21-13-23(21)29)27(38)37(6-2,41-28)34-25(18(3)15-30)22(17-40-4)19-9-7-8-10-19/h11,16,18-19,21-23,25,34H,5-10,12-14,17H2,1-4H3,(H2-,31,32,33,35,36,39)/p+1. The monoisotopic (exact) mass is 607 g/mol. The molecule has 1 amide bonds. The topological polar surface area (TPSA) is 139 Å². The van der Waals surface area contributed by atoms with Gasteiger partial charge in [0.25, 0.3) is 0 Å². The van der Waals surface area contributed by atoms with Crippen molar-refractivity contribution >= 4 is 41.0 Å². The molecule has 226 valence electrons. The fourth-order valence-corrected chi connectivity index (χ4v) is 8.89. The van der Waals surface area contributed by atoms with Crippen LogP contribution >= 0.6 is 23.7 Å². The van der Waals surface area contributed by atoms with Gasteiger partial charge in [-0.25, -0.2) is 9.18 Å². The lowest BCUT2D eigenvalue weighted by Crippen LogP contribution is -2.76. The average Bonchev–Trinajstić information content (AvgIpc) is 3.39. The predicted molar refractivity (Wildman–Crippen MR) is 161 cm³/mol. The zero-order valence-electron chi connectivity index (χ0n) is 24.5. The Bertz CT molecular complexity index is 1140. The Kier molecular flexibility index (Phi) is 10.8. The van der Waals surface area contributed by atoms with E-state index in [0.717, 1.165) is 11.3 Å². The van der Waals surface area contributed by atoms with E-state index in [4.69, 9.17) is 0 Å². The van der Waals surface area contributed by atoms with E-state index in [-0.39, 0.29) is 27.7 Å². The van der Waals surface area contributed by atoms with Gasteiger partial charge in [-0.15, -0.1) is 14.5 Å². The van der Waals surface area contributed by atoms with Gasteiger partial charge in [-0.05, 0) is 56.1 Å². The van der Waals surface area contributed by atoms with Gasteiger partial charge >= 0.3 is 5.91 Å². The number of oxime groups is 1. The van der Waals surface area contributed by atoms with Crippen molar-refractivity contribution in [3.8, 4) is 6.07 Å². The molecule has 1 saturated heterocycles. The Morgan fingerprint density at radius 2 is 2.20 bits per heavy atom. The number of nitrogens with one attached hydrogen (secondary N) is 3. The van der Waals surface area contributed by atoms with Crippen LogP contribution < -0.4 is 10.7 Å². The summed E-state index contributed by atoms with van der Waals surface area (Å²) in [7, 11) is 0. The van der Waals surface area contributed by atoms with Crippen LogP contribution in [0.1, 0.15) is 71.4 Å². The van der Waals surface area contributed by atoms with Crippen LogP contribution in [0, 0.1) is 35.0 Å². The minimum atomic E-state index is -0.982. The highest BCUT2D eigenvalue weighted by atomic mass is 32.2. The summed E-state index contributed by atoms with van der Waals surface area (Å²) in [6, 6.07) is 2.40. The Labute approximate surface area is 251 Å². The molecule has 13 heteroatoms. The lowest BCUT2D eigenvalue weighted by molar-refractivity contribution is -0.785. The number of alkyl halides is 1. The number of carbonyl (C=O) groups is 1. The van der Waals surface area contributed by atoms with Crippen molar-refractivity contribution in [2.24, 2.45) is 28.8 Å². The predicted octanol–water partition coefficient (Wildman–Crippen LogP) is 4.69. The van der Waals surface area contributed by atoms with Crippen LogP contribution in [0.5, 0.6) is 0 Å². The maximum absolute atomic E-state index is 14.3. The highest BCUT2D eigenvalue weighted by Crippen LogP contribution is 2.55. The van der Waals surface area contributed by atoms with E-state index in [0.29, 0.717) is 49.9 Å². The van der Waals surface area contributed by atoms with Gasteiger partial charge in [0.15, 0.2) is 4.75 Å². The second kappa shape index (κ2) is 13.9.